The highest BCUT2D eigenvalue weighted by atomic mass is 35.5. The van der Waals surface area contributed by atoms with Crippen LogP contribution in [0.25, 0.3) is 0 Å². The highest BCUT2D eigenvalue weighted by molar-refractivity contribution is 5.90. The van der Waals surface area contributed by atoms with Crippen LogP contribution in [0.2, 0.25) is 0 Å². The molecular formula is C20H24ClN3O3. The molecule has 2 aromatic rings. The smallest absolute Gasteiger partial charge is 0.243 e. The first-order valence-corrected chi connectivity index (χ1v) is 9.13. The topological polar surface area (TPSA) is 74.6 Å². The number of carbonyl (C=O) groups is 2. The molecule has 144 valence electrons. The van der Waals surface area contributed by atoms with Crippen LogP contribution in [0.4, 0.5) is 0 Å². The molecule has 0 aliphatic carbocycles. The number of carbonyl (C=O) groups excluding carboxylic acids is 2. The molecule has 0 saturated carbocycles. The minimum absolute atomic E-state index is 0. The molecule has 0 bridgehead atoms. The monoisotopic (exact) mass is 389 g/mol. The second kappa shape index (κ2) is 8.59. The molecule has 1 aromatic heterocycles. The van der Waals surface area contributed by atoms with Gasteiger partial charge in [0.2, 0.25) is 11.8 Å². The molecule has 2 unspecified atom stereocenters. The lowest BCUT2D eigenvalue weighted by atomic mass is 9.95. The number of rotatable bonds is 4. The van der Waals surface area contributed by atoms with Crippen molar-refractivity contribution in [3.63, 3.8) is 0 Å². The molecule has 27 heavy (non-hydrogen) atoms. The van der Waals surface area contributed by atoms with Crippen LogP contribution in [0.15, 0.2) is 47.1 Å². The van der Waals surface area contributed by atoms with Crippen LogP contribution in [0.5, 0.6) is 0 Å². The van der Waals surface area contributed by atoms with Crippen molar-refractivity contribution in [1.29, 1.82) is 0 Å². The van der Waals surface area contributed by atoms with Gasteiger partial charge in [-0.3, -0.25) is 9.59 Å². The molecule has 2 aliphatic heterocycles. The molecule has 1 aromatic carbocycles. The van der Waals surface area contributed by atoms with E-state index >= 15 is 0 Å². The maximum atomic E-state index is 13.0. The van der Waals surface area contributed by atoms with Crippen molar-refractivity contribution in [1.82, 2.24) is 15.5 Å². The van der Waals surface area contributed by atoms with Gasteiger partial charge >= 0.3 is 0 Å². The summed E-state index contributed by atoms with van der Waals surface area (Å²) in [5, 5.41) is 6.21. The Balaban J connectivity index is 0.00000210. The second-order valence-corrected chi connectivity index (χ2v) is 6.89. The Labute approximate surface area is 164 Å². The maximum absolute atomic E-state index is 13.0. The van der Waals surface area contributed by atoms with Crippen molar-refractivity contribution in [3.8, 4) is 0 Å². The van der Waals surface area contributed by atoms with Crippen molar-refractivity contribution in [2.45, 2.75) is 44.4 Å². The van der Waals surface area contributed by atoms with Gasteiger partial charge in [-0.2, -0.15) is 0 Å². The molecule has 2 amide bonds. The fourth-order valence-electron chi connectivity index (χ4n) is 3.84. The Morgan fingerprint density at radius 1 is 1.19 bits per heavy atom. The Bertz CT molecular complexity index is 794. The Kier molecular flexibility index (Phi) is 6.19. The molecule has 1 fully saturated rings. The van der Waals surface area contributed by atoms with E-state index in [2.05, 4.69) is 22.8 Å². The van der Waals surface area contributed by atoms with Crippen molar-refractivity contribution in [2.75, 3.05) is 6.54 Å². The molecule has 4 rings (SSSR count). The third-order valence-corrected chi connectivity index (χ3v) is 5.23. The van der Waals surface area contributed by atoms with Gasteiger partial charge in [-0.25, -0.2) is 0 Å². The van der Waals surface area contributed by atoms with E-state index in [9.17, 15) is 9.59 Å². The number of furan rings is 1. The highest BCUT2D eigenvalue weighted by Gasteiger charge is 2.37. The lowest BCUT2D eigenvalue weighted by Gasteiger charge is -2.31. The Morgan fingerprint density at radius 2 is 2.00 bits per heavy atom. The zero-order chi connectivity index (χ0) is 17.9. The average molecular weight is 390 g/mol. The van der Waals surface area contributed by atoms with Crippen LogP contribution in [0.3, 0.4) is 0 Å². The fourth-order valence-corrected chi connectivity index (χ4v) is 3.84. The predicted molar refractivity (Wildman–Crippen MR) is 103 cm³/mol. The number of likely N-dealkylation sites (tertiary alicyclic amines) is 1. The van der Waals surface area contributed by atoms with Gasteiger partial charge in [-0.05, 0) is 42.5 Å². The molecule has 6 nitrogen and oxygen atoms in total. The zero-order valence-corrected chi connectivity index (χ0v) is 15.8. The number of nitrogens with one attached hydrogen (secondary N) is 2. The summed E-state index contributed by atoms with van der Waals surface area (Å²) in [5.41, 5.74) is 2.45. The van der Waals surface area contributed by atoms with Crippen molar-refractivity contribution < 1.29 is 14.0 Å². The van der Waals surface area contributed by atoms with Crippen LogP contribution in [-0.2, 0) is 29.1 Å². The molecule has 2 aliphatic rings. The van der Waals surface area contributed by atoms with Gasteiger partial charge < -0.3 is 20.0 Å². The fraction of sp³-hybridized carbons (Fsp3) is 0.400. The minimum Gasteiger partial charge on any atom is -0.467 e. The number of amides is 2. The van der Waals surface area contributed by atoms with Crippen molar-refractivity contribution in [3.05, 3.63) is 59.5 Å². The number of halogens is 1. The van der Waals surface area contributed by atoms with E-state index in [1.165, 1.54) is 11.1 Å². The van der Waals surface area contributed by atoms with E-state index in [4.69, 9.17) is 4.42 Å². The van der Waals surface area contributed by atoms with Crippen molar-refractivity contribution >= 4 is 24.2 Å². The zero-order valence-electron chi connectivity index (χ0n) is 15.0. The standard InChI is InChI=1S/C20H23N3O3.ClH/c24-19(22-13-16-7-4-10-26-16)18-8-3-9-23(18)20(25)17-11-14-5-1-2-6-15(14)12-21-17;/h1-2,4-7,10,17-18,21H,3,8-9,11-13H2,(H,22,24);1H. The Hall–Kier alpha value is -2.31. The molecule has 2 N–H and O–H groups in total. The van der Waals surface area contributed by atoms with Crippen LogP contribution in [0, 0.1) is 0 Å². The Morgan fingerprint density at radius 3 is 2.78 bits per heavy atom. The van der Waals surface area contributed by atoms with E-state index in [0.717, 1.165) is 6.42 Å². The molecule has 7 heteroatoms. The first-order valence-electron chi connectivity index (χ1n) is 9.13. The van der Waals surface area contributed by atoms with Crippen LogP contribution in [-0.4, -0.2) is 35.3 Å². The SMILES string of the molecule is Cl.O=C(NCc1ccco1)C1CCCN1C(=O)C1Cc2ccccc2CN1. The second-order valence-electron chi connectivity index (χ2n) is 6.89. The van der Waals surface area contributed by atoms with Crippen LogP contribution < -0.4 is 10.6 Å². The number of nitrogens with zero attached hydrogens (tertiary/aromatic N) is 1. The first-order chi connectivity index (χ1) is 12.7. The number of benzene rings is 1. The first kappa shape index (κ1) is 19.5. The summed E-state index contributed by atoms with van der Waals surface area (Å²) in [7, 11) is 0. The number of fused-ring (bicyclic) bond motifs is 1. The minimum atomic E-state index is -0.392. The van der Waals surface area contributed by atoms with E-state index in [1.54, 1.807) is 17.2 Å². The summed E-state index contributed by atoms with van der Waals surface area (Å²) in [6, 6.07) is 11.1. The molecular weight excluding hydrogens is 366 g/mol. The largest absolute Gasteiger partial charge is 0.467 e. The van der Waals surface area contributed by atoms with Crippen LogP contribution >= 0.6 is 12.4 Å². The van der Waals surface area contributed by atoms with Gasteiger partial charge in [0.25, 0.3) is 0 Å². The maximum Gasteiger partial charge on any atom is 0.243 e. The lowest BCUT2D eigenvalue weighted by Crippen LogP contribution is -2.54. The predicted octanol–water partition coefficient (Wildman–Crippen LogP) is 2.02. The van der Waals surface area contributed by atoms with Gasteiger partial charge in [0.1, 0.15) is 11.8 Å². The number of hydrogen-bond acceptors (Lipinski definition) is 4. The molecule has 0 spiro atoms. The van der Waals surface area contributed by atoms with Gasteiger partial charge in [-0.15, -0.1) is 12.4 Å². The summed E-state index contributed by atoms with van der Waals surface area (Å²) in [6.07, 6.45) is 3.82. The summed E-state index contributed by atoms with van der Waals surface area (Å²) in [5.74, 6) is 0.624. The van der Waals surface area contributed by atoms with Gasteiger partial charge in [0.15, 0.2) is 0 Å². The van der Waals surface area contributed by atoms with Gasteiger partial charge in [0, 0.05) is 13.1 Å². The van der Waals surface area contributed by atoms with E-state index in [0.29, 0.717) is 38.2 Å². The number of hydrogen-bond donors (Lipinski definition) is 2. The molecule has 0 radical (unpaired) electrons. The third kappa shape index (κ3) is 4.17. The summed E-state index contributed by atoms with van der Waals surface area (Å²) >= 11 is 0. The molecule has 2 atom stereocenters. The quantitative estimate of drug-likeness (QED) is 0.839. The summed E-state index contributed by atoms with van der Waals surface area (Å²) in [6.45, 7) is 1.67. The third-order valence-electron chi connectivity index (χ3n) is 5.23. The van der Waals surface area contributed by atoms with Crippen molar-refractivity contribution in [2.24, 2.45) is 0 Å². The molecule has 3 heterocycles. The van der Waals surface area contributed by atoms with Crippen LogP contribution in [0.1, 0.15) is 29.7 Å². The van der Waals surface area contributed by atoms with Gasteiger partial charge in [0.05, 0.1) is 18.8 Å². The lowest BCUT2D eigenvalue weighted by molar-refractivity contribution is -0.140. The summed E-state index contributed by atoms with van der Waals surface area (Å²) in [4.78, 5) is 27.3. The van der Waals surface area contributed by atoms with Gasteiger partial charge in [-0.1, -0.05) is 24.3 Å². The highest BCUT2D eigenvalue weighted by Crippen LogP contribution is 2.22. The van der Waals surface area contributed by atoms with E-state index in [1.807, 2.05) is 18.2 Å². The normalized spacial score (nSPS) is 21.3. The van der Waals surface area contributed by atoms with E-state index < -0.39 is 6.04 Å². The molecule has 1 saturated heterocycles. The summed E-state index contributed by atoms with van der Waals surface area (Å²) < 4.78 is 5.24. The van der Waals surface area contributed by atoms with E-state index in [-0.39, 0.29) is 30.3 Å². The average Bonchev–Trinajstić information content (AvgIpc) is 3.37.